The van der Waals surface area contributed by atoms with Crippen LogP contribution in [-0.4, -0.2) is 58.5 Å². The second-order valence-electron chi connectivity index (χ2n) is 7.90. The van der Waals surface area contributed by atoms with E-state index in [1.807, 2.05) is 24.3 Å². The highest BCUT2D eigenvalue weighted by Crippen LogP contribution is 2.24. The van der Waals surface area contributed by atoms with Crippen LogP contribution in [0.4, 0.5) is 5.69 Å². The number of aryl methyl sites for hydroxylation is 1. The Kier molecular flexibility index (Phi) is 6.37. The molecule has 1 N–H and O–H groups in total. The normalized spacial score (nSPS) is 15.6. The van der Waals surface area contributed by atoms with E-state index in [1.165, 1.54) is 0 Å². The molecule has 0 spiro atoms. The van der Waals surface area contributed by atoms with E-state index in [9.17, 15) is 4.79 Å². The minimum absolute atomic E-state index is 0.217. The van der Waals surface area contributed by atoms with Gasteiger partial charge in [0.1, 0.15) is 5.82 Å². The Labute approximate surface area is 182 Å². The van der Waals surface area contributed by atoms with Gasteiger partial charge in [-0.3, -0.25) is 9.69 Å². The van der Waals surface area contributed by atoms with Gasteiger partial charge < -0.3 is 14.8 Å². The van der Waals surface area contributed by atoms with E-state index in [4.69, 9.17) is 16.6 Å². The molecule has 2 heterocycles. The summed E-state index contributed by atoms with van der Waals surface area (Å²) in [6, 6.07) is 13.0. The molecule has 0 atom stereocenters. The fourth-order valence-corrected chi connectivity index (χ4v) is 4.12. The van der Waals surface area contributed by atoms with E-state index < -0.39 is 0 Å². The van der Waals surface area contributed by atoms with Crippen LogP contribution in [0.15, 0.2) is 42.5 Å². The quantitative estimate of drug-likeness (QED) is 0.646. The largest absolute Gasteiger partial charge is 0.327 e. The van der Waals surface area contributed by atoms with Crippen LogP contribution in [0.2, 0.25) is 5.02 Å². The van der Waals surface area contributed by atoms with Crippen molar-refractivity contribution in [2.24, 2.45) is 0 Å². The monoisotopic (exact) mass is 425 g/mol. The molecule has 158 valence electrons. The third-order valence-electron chi connectivity index (χ3n) is 5.61. The summed E-state index contributed by atoms with van der Waals surface area (Å²) in [5.41, 5.74) is 3.20. The van der Waals surface area contributed by atoms with Gasteiger partial charge in [-0.2, -0.15) is 0 Å². The molecule has 1 amide bonds. The maximum atomic E-state index is 12.6. The maximum absolute atomic E-state index is 12.6. The Bertz CT molecular complexity index is 1040. The third-order valence-corrected chi connectivity index (χ3v) is 5.94. The minimum Gasteiger partial charge on any atom is -0.327 e. The van der Waals surface area contributed by atoms with Crippen LogP contribution in [0.3, 0.4) is 0 Å². The molecule has 0 bridgehead atoms. The molecule has 1 aliphatic heterocycles. The van der Waals surface area contributed by atoms with Crippen molar-refractivity contribution < 1.29 is 4.79 Å². The number of amides is 1. The fraction of sp³-hybridized carbons (Fsp3) is 0.391. The molecule has 30 heavy (non-hydrogen) atoms. The van der Waals surface area contributed by atoms with Crippen molar-refractivity contribution >= 4 is 34.2 Å². The van der Waals surface area contributed by atoms with E-state index in [1.54, 1.807) is 18.2 Å². The number of piperazine rings is 1. The van der Waals surface area contributed by atoms with Crippen molar-refractivity contribution in [3.05, 3.63) is 58.9 Å². The van der Waals surface area contributed by atoms with Crippen LogP contribution in [0.5, 0.6) is 0 Å². The molecular weight excluding hydrogens is 398 g/mol. The lowest BCUT2D eigenvalue weighted by atomic mass is 10.2. The molecular formula is C23H28ClN5O. The molecule has 3 aromatic rings. The summed E-state index contributed by atoms with van der Waals surface area (Å²) in [6.45, 7) is 8.27. The zero-order valence-electron chi connectivity index (χ0n) is 17.6. The van der Waals surface area contributed by atoms with Gasteiger partial charge in [0.25, 0.3) is 5.91 Å². The lowest BCUT2D eigenvalue weighted by Gasteiger charge is -2.32. The van der Waals surface area contributed by atoms with Crippen LogP contribution in [0.1, 0.15) is 29.5 Å². The van der Waals surface area contributed by atoms with E-state index in [-0.39, 0.29) is 5.91 Å². The van der Waals surface area contributed by atoms with Gasteiger partial charge in [0, 0.05) is 38.4 Å². The molecule has 0 aliphatic carbocycles. The Hall–Kier alpha value is -2.41. The van der Waals surface area contributed by atoms with Crippen LogP contribution in [0.25, 0.3) is 11.0 Å². The fourth-order valence-electron chi connectivity index (χ4n) is 3.90. The molecule has 1 fully saturated rings. The van der Waals surface area contributed by atoms with Crippen LogP contribution >= 0.6 is 11.6 Å². The highest BCUT2D eigenvalue weighted by molar-refractivity contribution is 6.34. The van der Waals surface area contributed by atoms with Crippen molar-refractivity contribution in [1.82, 2.24) is 19.4 Å². The molecule has 2 aromatic carbocycles. The zero-order chi connectivity index (χ0) is 21.1. The summed E-state index contributed by atoms with van der Waals surface area (Å²) < 4.78 is 2.31. The number of hydrogen-bond donors (Lipinski definition) is 1. The number of carbonyl (C=O) groups is 1. The number of likely N-dealkylation sites (N-methyl/N-ethyl adjacent to an activating group) is 1. The average molecular weight is 426 g/mol. The van der Waals surface area contributed by atoms with E-state index in [0.29, 0.717) is 10.6 Å². The first kappa shape index (κ1) is 20.8. The number of fused-ring (bicyclic) bond motifs is 1. The third kappa shape index (κ3) is 4.51. The summed E-state index contributed by atoms with van der Waals surface area (Å²) >= 11 is 6.16. The van der Waals surface area contributed by atoms with Gasteiger partial charge >= 0.3 is 0 Å². The van der Waals surface area contributed by atoms with Crippen molar-refractivity contribution in [3.63, 3.8) is 0 Å². The smallest absolute Gasteiger partial charge is 0.257 e. The zero-order valence-corrected chi connectivity index (χ0v) is 18.3. The van der Waals surface area contributed by atoms with Crippen molar-refractivity contribution in [2.45, 2.75) is 26.4 Å². The van der Waals surface area contributed by atoms with Gasteiger partial charge in [-0.15, -0.1) is 0 Å². The number of nitrogens with zero attached hydrogens (tertiary/aromatic N) is 4. The topological polar surface area (TPSA) is 53.4 Å². The lowest BCUT2D eigenvalue weighted by molar-refractivity contribution is 0.102. The number of nitrogens with one attached hydrogen (secondary N) is 1. The average Bonchev–Trinajstić information content (AvgIpc) is 3.06. The number of halogens is 1. The first-order chi connectivity index (χ1) is 14.5. The van der Waals surface area contributed by atoms with Crippen LogP contribution < -0.4 is 5.32 Å². The van der Waals surface area contributed by atoms with E-state index in [0.717, 1.165) is 68.2 Å². The Balaban J connectivity index is 1.57. The summed E-state index contributed by atoms with van der Waals surface area (Å²) in [6.07, 6.45) is 1.05. The lowest BCUT2D eigenvalue weighted by Crippen LogP contribution is -2.44. The summed E-state index contributed by atoms with van der Waals surface area (Å²) in [5.74, 6) is 0.872. The Morgan fingerprint density at radius 1 is 1.13 bits per heavy atom. The van der Waals surface area contributed by atoms with Crippen molar-refractivity contribution in [2.75, 3.05) is 38.5 Å². The van der Waals surface area contributed by atoms with Crippen LogP contribution in [-0.2, 0) is 13.1 Å². The second kappa shape index (κ2) is 9.16. The van der Waals surface area contributed by atoms with Gasteiger partial charge in [-0.05, 0) is 43.8 Å². The number of imidazole rings is 1. The van der Waals surface area contributed by atoms with Gasteiger partial charge in [-0.25, -0.2) is 4.98 Å². The molecule has 0 unspecified atom stereocenters. The SMILES string of the molecule is CCCn1c(CN2CCN(C)CC2)nc2cc(NC(=O)c3ccccc3Cl)ccc21. The first-order valence-corrected chi connectivity index (χ1v) is 10.9. The molecule has 4 rings (SSSR count). The van der Waals surface area contributed by atoms with Gasteiger partial charge in [-0.1, -0.05) is 30.7 Å². The predicted octanol–water partition coefficient (Wildman–Crippen LogP) is 4.10. The second-order valence-corrected chi connectivity index (χ2v) is 8.30. The molecule has 1 aliphatic rings. The summed E-state index contributed by atoms with van der Waals surface area (Å²) in [4.78, 5) is 22.4. The van der Waals surface area contributed by atoms with Crippen LogP contribution in [0, 0.1) is 0 Å². The molecule has 1 saturated heterocycles. The van der Waals surface area contributed by atoms with Crippen molar-refractivity contribution in [3.8, 4) is 0 Å². The highest BCUT2D eigenvalue weighted by atomic mass is 35.5. The van der Waals surface area contributed by atoms with E-state index in [2.05, 4.69) is 33.7 Å². The van der Waals surface area contributed by atoms with Gasteiger partial charge in [0.15, 0.2) is 0 Å². The molecule has 7 heteroatoms. The molecule has 0 radical (unpaired) electrons. The number of aromatic nitrogens is 2. The molecule has 0 saturated carbocycles. The standard InChI is InChI=1S/C23H28ClN5O/c1-3-10-29-21-9-8-17(25-23(30)18-6-4-5-7-19(18)24)15-20(21)26-22(29)16-28-13-11-27(2)12-14-28/h4-9,15H,3,10-14,16H2,1-2H3,(H,25,30). The number of rotatable bonds is 6. The minimum atomic E-state index is -0.217. The Morgan fingerprint density at radius 3 is 2.63 bits per heavy atom. The van der Waals surface area contributed by atoms with Gasteiger partial charge in [0.05, 0.1) is 28.2 Å². The summed E-state index contributed by atoms with van der Waals surface area (Å²) in [5, 5.41) is 3.39. The molecule has 6 nitrogen and oxygen atoms in total. The highest BCUT2D eigenvalue weighted by Gasteiger charge is 2.18. The Morgan fingerprint density at radius 2 is 1.90 bits per heavy atom. The molecule has 1 aromatic heterocycles. The maximum Gasteiger partial charge on any atom is 0.257 e. The van der Waals surface area contributed by atoms with Gasteiger partial charge in [0.2, 0.25) is 0 Å². The number of hydrogen-bond acceptors (Lipinski definition) is 4. The first-order valence-electron chi connectivity index (χ1n) is 10.5. The number of benzene rings is 2. The number of anilines is 1. The number of carbonyl (C=O) groups excluding carboxylic acids is 1. The van der Waals surface area contributed by atoms with Crippen molar-refractivity contribution in [1.29, 1.82) is 0 Å². The summed E-state index contributed by atoms with van der Waals surface area (Å²) in [7, 11) is 2.17. The predicted molar refractivity (Wildman–Crippen MR) is 122 cm³/mol. The van der Waals surface area contributed by atoms with E-state index >= 15 is 0 Å².